The van der Waals surface area contributed by atoms with Crippen molar-refractivity contribution in [2.24, 2.45) is 11.7 Å². The lowest BCUT2D eigenvalue weighted by atomic mass is 10.1. The fourth-order valence-corrected chi connectivity index (χ4v) is 3.33. The van der Waals surface area contributed by atoms with Crippen LogP contribution >= 0.6 is 0 Å². The van der Waals surface area contributed by atoms with Crippen molar-refractivity contribution in [3.8, 4) is 0 Å². The van der Waals surface area contributed by atoms with Crippen molar-refractivity contribution in [2.45, 2.75) is 25.8 Å². The van der Waals surface area contributed by atoms with Crippen LogP contribution < -0.4 is 11.1 Å². The predicted octanol–water partition coefficient (Wildman–Crippen LogP) is 3.84. The fraction of sp³-hybridized carbons (Fsp3) is 0.273. The average Bonchev–Trinajstić information content (AvgIpc) is 3.46. The van der Waals surface area contributed by atoms with Crippen LogP contribution in [0.15, 0.2) is 54.7 Å². The number of Topliss-reactive ketones (excluding diaryl/α,β-unsaturated/α-hetero) is 1. The van der Waals surface area contributed by atoms with Gasteiger partial charge in [0.05, 0.1) is 0 Å². The van der Waals surface area contributed by atoms with Crippen LogP contribution in [0.4, 0.5) is 5.69 Å². The largest absolute Gasteiger partial charge is 0.347 e. The minimum Gasteiger partial charge on any atom is -0.347 e. The van der Waals surface area contributed by atoms with Crippen LogP contribution in [0.1, 0.15) is 40.0 Å². The summed E-state index contributed by atoms with van der Waals surface area (Å²) in [4.78, 5) is 24.9. The molecule has 1 amide bonds. The Balaban J connectivity index is 1.51. The second-order valence-corrected chi connectivity index (χ2v) is 7.10. The van der Waals surface area contributed by atoms with Crippen LogP contribution in [0.3, 0.4) is 0 Å². The Hall–Kier alpha value is -2.92. The van der Waals surface area contributed by atoms with Crippen molar-refractivity contribution >= 4 is 28.3 Å². The molecule has 27 heavy (non-hydrogen) atoms. The number of anilines is 1. The number of carbonyl (C=O) groups is 2. The van der Waals surface area contributed by atoms with E-state index >= 15 is 0 Å². The van der Waals surface area contributed by atoms with Crippen molar-refractivity contribution in [1.29, 1.82) is 0 Å². The van der Waals surface area contributed by atoms with Crippen LogP contribution in [0.2, 0.25) is 0 Å². The number of amides is 1. The van der Waals surface area contributed by atoms with Crippen LogP contribution in [0.25, 0.3) is 10.9 Å². The molecule has 0 unspecified atom stereocenters. The lowest BCUT2D eigenvalue weighted by Gasteiger charge is -2.08. The summed E-state index contributed by atoms with van der Waals surface area (Å²) >= 11 is 0. The number of ketones is 1. The molecule has 1 aromatic heterocycles. The topological polar surface area (TPSA) is 77.1 Å². The molecule has 0 aliphatic heterocycles. The molecular formula is C22H23N3O2. The Morgan fingerprint density at radius 2 is 1.93 bits per heavy atom. The molecule has 3 aromatic rings. The van der Waals surface area contributed by atoms with Gasteiger partial charge in [-0.15, -0.1) is 0 Å². The van der Waals surface area contributed by atoms with Gasteiger partial charge in [0.2, 0.25) is 0 Å². The lowest BCUT2D eigenvalue weighted by molar-refractivity contribution is 0.0966. The van der Waals surface area contributed by atoms with E-state index in [-0.39, 0.29) is 17.6 Å². The Morgan fingerprint density at radius 3 is 2.70 bits per heavy atom. The zero-order valence-corrected chi connectivity index (χ0v) is 15.2. The van der Waals surface area contributed by atoms with E-state index in [1.165, 1.54) is 0 Å². The molecule has 0 saturated heterocycles. The van der Waals surface area contributed by atoms with Crippen LogP contribution in [0, 0.1) is 5.92 Å². The first-order chi connectivity index (χ1) is 13.2. The van der Waals surface area contributed by atoms with Gasteiger partial charge in [-0.25, -0.2) is 0 Å². The van der Waals surface area contributed by atoms with Crippen LogP contribution in [-0.2, 0) is 6.54 Å². The van der Waals surface area contributed by atoms with E-state index in [4.69, 9.17) is 5.73 Å². The van der Waals surface area contributed by atoms with Gasteiger partial charge in [-0.3, -0.25) is 9.59 Å². The van der Waals surface area contributed by atoms with Gasteiger partial charge in [-0.2, -0.15) is 0 Å². The molecule has 0 spiro atoms. The van der Waals surface area contributed by atoms with Gasteiger partial charge in [0, 0.05) is 46.4 Å². The number of rotatable bonds is 7. The summed E-state index contributed by atoms with van der Waals surface area (Å²) in [5, 5.41) is 3.93. The van der Waals surface area contributed by atoms with Crippen LogP contribution in [0.5, 0.6) is 0 Å². The zero-order chi connectivity index (χ0) is 18.8. The monoisotopic (exact) mass is 361 g/mol. The molecular weight excluding hydrogens is 338 g/mol. The minimum atomic E-state index is -0.178. The summed E-state index contributed by atoms with van der Waals surface area (Å²) in [5.74, 6) is 0.163. The average molecular weight is 361 g/mol. The number of nitrogens with zero attached hydrogens (tertiary/aromatic N) is 1. The Kier molecular flexibility index (Phi) is 4.77. The number of hydrogen-bond acceptors (Lipinski definition) is 3. The van der Waals surface area contributed by atoms with E-state index in [1.54, 1.807) is 6.07 Å². The maximum atomic E-state index is 12.6. The van der Waals surface area contributed by atoms with Crippen molar-refractivity contribution in [2.75, 3.05) is 11.9 Å². The maximum absolute atomic E-state index is 12.6. The summed E-state index contributed by atoms with van der Waals surface area (Å²) in [6.45, 7) is 1.52. The van der Waals surface area contributed by atoms with Crippen molar-refractivity contribution in [3.63, 3.8) is 0 Å². The van der Waals surface area contributed by atoms with Crippen molar-refractivity contribution in [3.05, 3.63) is 65.9 Å². The minimum absolute atomic E-state index is 0.168. The summed E-state index contributed by atoms with van der Waals surface area (Å²) in [5.41, 5.74) is 8.59. The summed E-state index contributed by atoms with van der Waals surface area (Å²) in [6, 6.07) is 14.9. The SMILES string of the molecule is NCCCn1ccc2cc(C(=O)Nc3cccc(C(=O)C4CC4)c3)ccc21. The van der Waals surface area contributed by atoms with Gasteiger partial charge in [0.25, 0.3) is 5.91 Å². The highest BCUT2D eigenvalue weighted by molar-refractivity contribution is 6.07. The number of aryl methyl sites for hydroxylation is 1. The van der Waals surface area contributed by atoms with E-state index in [9.17, 15) is 9.59 Å². The molecule has 5 nitrogen and oxygen atoms in total. The van der Waals surface area contributed by atoms with Gasteiger partial charge >= 0.3 is 0 Å². The Labute approximate surface area is 158 Å². The molecule has 3 N–H and O–H groups in total. The summed E-state index contributed by atoms with van der Waals surface area (Å²) in [6.07, 6.45) is 4.89. The van der Waals surface area contributed by atoms with Gasteiger partial charge in [-0.1, -0.05) is 12.1 Å². The third-order valence-electron chi connectivity index (χ3n) is 4.99. The third-order valence-corrected chi connectivity index (χ3v) is 4.99. The quantitative estimate of drug-likeness (QED) is 0.628. The predicted molar refractivity (Wildman–Crippen MR) is 107 cm³/mol. The van der Waals surface area contributed by atoms with E-state index in [0.29, 0.717) is 23.4 Å². The van der Waals surface area contributed by atoms with E-state index in [1.807, 2.05) is 48.7 Å². The maximum Gasteiger partial charge on any atom is 0.255 e. The van der Waals surface area contributed by atoms with E-state index in [0.717, 1.165) is 36.7 Å². The Morgan fingerprint density at radius 1 is 1.07 bits per heavy atom. The first kappa shape index (κ1) is 17.5. The molecule has 1 saturated carbocycles. The first-order valence-electron chi connectivity index (χ1n) is 9.40. The standard InChI is InChI=1S/C22H23N3O2/c23-10-2-11-25-12-9-16-13-18(7-8-20(16)25)22(27)24-19-4-1-3-17(14-19)21(26)15-5-6-15/h1,3-4,7-9,12-15H,2,5-6,10-11,23H2,(H,24,27). The lowest BCUT2D eigenvalue weighted by Crippen LogP contribution is -2.12. The number of nitrogens with two attached hydrogens (primary N) is 1. The second-order valence-electron chi connectivity index (χ2n) is 7.10. The fourth-order valence-electron chi connectivity index (χ4n) is 3.33. The molecule has 1 aliphatic carbocycles. The highest BCUT2D eigenvalue weighted by Crippen LogP contribution is 2.33. The summed E-state index contributed by atoms with van der Waals surface area (Å²) in [7, 11) is 0. The molecule has 1 heterocycles. The summed E-state index contributed by atoms with van der Waals surface area (Å²) < 4.78 is 2.15. The molecule has 0 atom stereocenters. The number of aromatic nitrogens is 1. The Bertz CT molecular complexity index is 1000. The molecule has 4 rings (SSSR count). The normalized spacial score (nSPS) is 13.7. The number of hydrogen-bond donors (Lipinski definition) is 2. The molecule has 0 bridgehead atoms. The number of carbonyl (C=O) groups excluding carboxylic acids is 2. The number of nitrogens with one attached hydrogen (secondary N) is 1. The van der Waals surface area contributed by atoms with Crippen molar-refractivity contribution < 1.29 is 9.59 Å². The molecule has 2 aromatic carbocycles. The van der Waals surface area contributed by atoms with E-state index < -0.39 is 0 Å². The zero-order valence-electron chi connectivity index (χ0n) is 15.2. The smallest absolute Gasteiger partial charge is 0.255 e. The van der Waals surface area contributed by atoms with Gasteiger partial charge in [0.1, 0.15) is 0 Å². The third kappa shape index (κ3) is 3.78. The van der Waals surface area contributed by atoms with Gasteiger partial charge in [0.15, 0.2) is 5.78 Å². The highest BCUT2D eigenvalue weighted by atomic mass is 16.1. The van der Waals surface area contributed by atoms with Gasteiger partial charge in [-0.05, 0) is 62.2 Å². The van der Waals surface area contributed by atoms with Gasteiger partial charge < -0.3 is 15.6 Å². The van der Waals surface area contributed by atoms with E-state index in [2.05, 4.69) is 9.88 Å². The molecule has 0 radical (unpaired) electrons. The molecule has 1 fully saturated rings. The van der Waals surface area contributed by atoms with Crippen LogP contribution in [-0.4, -0.2) is 22.8 Å². The highest BCUT2D eigenvalue weighted by Gasteiger charge is 2.30. The number of benzene rings is 2. The molecule has 138 valence electrons. The molecule has 5 heteroatoms. The van der Waals surface area contributed by atoms with Crippen molar-refractivity contribution in [1.82, 2.24) is 4.57 Å². The number of fused-ring (bicyclic) bond motifs is 1. The second kappa shape index (κ2) is 7.37. The molecule has 1 aliphatic rings. The first-order valence-corrected chi connectivity index (χ1v) is 9.40.